The van der Waals surface area contributed by atoms with E-state index in [2.05, 4.69) is 10.6 Å². The van der Waals surface area contributed by atoms with Gasteiger partial charge in [0.1, 0.15) is 5.82 Å². The van der Waals surface area contributed by atoms with Crippen LogP contribution < -0.4 is 10.6 Å². The number of hydrogen-bond acceptors (Lipinski definition) is 4. The van der Waals surface area contributed by atoms with Crippen molar-refractivity contribution < 1.29 is 23.5 Å². The topological polar surface area (TPSA) is 84.5 Å². The third kappa shape index (κ3) is 4.87. The van der Waals surface area contributed by atoms with E-state index in [1.165, 1.54) is 18.2 Å². The minimum Gasteiger partial charge on any atom is -0.444 e. The number of hydrogen-bond donors (Lipinski definition) is 2. The van der Waals surface area contributed by atoms with Gasteiger partial charge in [-0.1, -0.05) is 42.5 Å². The average molecular weight is 344 g/mol. The van der Waals surface area contributed by atoms with Crippen molar-refractivity contribution >= 4 is 17.9 Å². The van der Waals surface area contributed by atoms with E-state index in [4.69, 9.17) is 4.74 Å². The van der Waals surface area contributed by atoms with Gasteiger partial charge in [0.2, 0.25) is 6.10 Å². The number of carbonyl (C=O) groups is 3. The monoisotopic (exact) mass is 344 g/mol. The molecule has 0 fully saturated rings. The lowest BCUT2D eigenvalue weighted by atomic mass is 10.1. The first-order chi connectivity index (χ1) is 12.0. The molecule has 0 saturated heterocycles. The van der Waals surface area contributed by atoms with Gasteiger partial charge in [-0.15, -0.1) is 0 Å². The molecule has 130 valence electrons. The number of halogens is 1. The van der Waals surface area contributed by atoms with Crippen molar-refractivity contribution in [3.05, 3.63) is 71.5 Å². The maximum absolute atomic E-state index is 13.7. The minimum absolute atomic E-state index is 0.297. The Hall–Kier alpha value is -3.22. The molecule has 0 radical (unpaired) electrons. The van der Waals surface area contributed by atoms with Crippen LogP contribution in [0.25, 0.3) is 0 Å². The largest absolute Gasteiger partial charge is 0.444 e. The van der Waals surface area contributed by atoms with E-state index in [0.29, 0.717) is 12.1 Å². The van der Waals surface area contributed by atoms with E-state index in [0.717, 1.165) is 6.07 Å². The molecule has 2 rings (SSSR count). The Balaban J connectivity index is 2.23. The van der Waals surface area contributed by atoms with Crippen LogP contribution in [0.2, 0.25) is 0 Å². The maximum atomic E-state index is 13.7. The molecule has 6 nitrogen and oxygen atoms in total. The molecule has 2 N–H and O–H groups in total. The molecule has 0 bridgehead atoms. The zero-order chi connectivity index (χ0) is 18.2. The Kier molecular flexibility index (Phi) is 6.22. The van der Waals surface area contributed by atoms with Crippen molar-refractivity contribution in [3.63, 3.8) is 0 Å². The molecule has 0 spiro atoms. The summed E-state index contributed by atoms with van der Waals surface area (Å²) >= 11 is 0. The quantitative estimate of drug-likeness (QED) is 0.817. The lowest BCUT2D eigenvalue weighted by Crippen LogP contribution is -2.42. The van der Waals surface area contributed by atoms with Gasteiger partial charge in [0, 0.05) is 12.1 Å². The highest BCUT2D eigenvalue weighted by Gasteiger charge is 2.27. The number of imide groups is 1. The Morgan fingerprint density at radius 1 is 1.04 bits per heavy atom. The first-order valence-electron chi connectivity index (χ1n) is 7.62. The molecule has 0 aliphatic heterocycles. The molecule has 0 unspecified atom stereocenters. The predicted octanol–water partition coefficient (Wildman–Crippen LogP) is 2.57. The SMILES string of the molecule is CCNC(=O)NC(=O)[C@H](OC(=O)c1ccccc1F)c1ccccc1. The zero-order valence-electron chi connectivity index (χ0n) is 13.5. The summed E-state index contributed by atoms with van der Waals surface area (Å²) < 4.78 is 18.9. The number of ether oxygens (including phenoxy) is 1. The second-order valence-corrected chi connectivity index (χ2v) is 5.02. The number of amides is 3. The Morgan fingerprint density at radius 2 is 1.68 bits per heavy atom. The van der Waals surface area contributed by atoms with Crippen molar-refractivity contribution in [1.82, 2.24) is 10.6 Å². The van der Waals surface area contributed by atoms with Crippen LogP contribution in [0.15, 0.2) is 54.6 Å². The molecule has 2 aromatic rings. The van der Waals surface area contributed by atoms with Gasteiger partial charge in [0.05, 0.1) is 5.56 Å². The highest BCUT2D eigenvalue weighted by Crippen LogP contribution is 2.20. The summed E-state index contributed by atoms with van der Waals surface area (Å²) in [7, 11) is 0. The van der Waals surface area contributed by atoms with Crippen LogP contribution in [-0.4, -0.2) is 24.5 Å². The van der Waals surface area contributed by atoms with Gasteiger partial charge in [-0.05, 0) is 19.1 Å². The Labute approximate surface area is 144 Å². The third-order valence-electron chi connectivity index (χ3n) is 3.23. The van der Waals surface area contributed by atoms with Crippen molar-refractivity contribution in [1.29, 1.82) is 0 Å². The predicted molar refractivity (Wildman–Crippen MR) is 88.2 cm³/mol. The molecule has 0 aromatic heterocycles. The van der Waals surface area contributed by atoms with Crippen LogP contribution >= 0.6 is 0 Å². The van der Waals surface area contributed by atoms with Crippen molar-refractivity contribution in [3.8, 4) is 0 Å². The zero-order valence-corrected chi connectivity index (χ0v) is 13.5. The van der Waals surface area contributed by atoms with Crippen LogP contribution in [0, 0.1) is 5.82 Å². The molecule has 0 saturated carbocycles. The van der Waals surface area contributed by atoms with E-state index in [1.807, 2.05) is 0 Å². The highest BCUT2D eigenvalue weighted by atomic mass is 19.1. The molecule has 1 atom stereocenters. The van der Waals surface area contributed by atoms with Gasteiger partial charge in [0.15, 0.2) is 0 Å². The summed E-state index contributed by atoms with van der Waals surface area (Å²) in [5.74, 6) is -2.59. The van der Waals surface area contributed by atoms with Gasteiger partial charge in [-0.2, -0.15) is 0 Å². The summed E-state index contributed by atoms with van der Waals surface area (Å²) in [6.07, 6.45) is -1.39. The lowest BCUT2D eigenvalue weighted by molar-refractivity contribution is -0.129. The summed E-state index contributed by atoms with van der Waals surface area (Å²) in [5, 5.41) is 4.50. The van der Waals surface area contributed by atoms with E-state index in [1.54, 1.807) is 37.3 Å². The second-order valence-electron chi connectivity index (χ2n) is 5.02. The Bertz CT molecular complexity index is 765. The molecule has 2 aromatic carbocycles. The standard InChI is InChI=1S/C18H17FN2O4/c1-2-20-18(24)21-16(22)15(12-8-4-3-5-9-12)25-17(23)13-10-6-7-11-14(13)19/h3-11,15H,2H2,1H3,(H2,20,21,22,24)/t15-/m1/s1. The smallest absolute Gasteiger partial charge is 0.342 e. The number of benzene rings is 2. The first kappa shape index (κ1) is 18.1. The van der Waals surface area contributed by atoms with Crippen LogP contribution in [0.5, 0.6) is 0 Å². The highest BCUT2D eigenvalue weighted by molar-refractivity contribution is 5.99. The fourth-order valence-electron chi connectivity index (χ4n) is 2.08. The number of urea groups is 1. The second kappa shape index (κ2) is 8.58. The molecule has 3 amide bonds. The minimum atomic E-state index is -1.39. The van der Waals surface area contributed by atoms with Crippen LogP contribution in [0.3, 0.4) is 0 Å². The van der Waals surface area contributed by atoms with Gasteiger partial charge >= 0.3 is 12.0 Å². The lowest BCUT2D eigenvalue weighted by Gasteiger charge is -2.18. The van der Waals surface area contributed by atoms with E-state index < -0.39 is 29.8 Å². The van der Waals surface area contributed by atoms with Gasteiger partial charge in [-0.25, -0.2) is 14.0 Å². The Morgan fingerprint density at radius 3 is 2.32 bits per heavy atom. The number of carbonyl (C=O) groups excluding carboxylic acids is 3. The van der Waals surface area contributed by atoms with Gasteiger partial charge in [0.25, 0.3) is 5.91 Å². The first-order valence-corrected chi connectivity index (χ1v) is 7.62. The van der Waals surface area contributed by atoms with Crippen LogP contribution in [0.1, 0.15) is 28.9 Å². The van der Waals surface area contributed by atoms with Gasteiger partial charge in [-0.3, -0.25) is 10.1 Å². The number of esters is 1. The third-order valence-corrected chi connectivity index (χ3v) is 3.23. The average Bonchev–Trinajstić information content (AvgIpc) is 2.60. The molecule has 0 aliphatic rings. The van der Waals surface area contributed by atoms with Crippen molar-refractivity contribution in [2.75, 3.05) is 6.54 Å². The van der Waals surface area contributed by atoms with Crippen LogP contribution in [0.4, 0.5) is 9.18 Å². The van der Waals surface area contributed by atoms with E-state index >= 15 is 0 Å². The van der Waals surface area contributed by atoms with Crippen molar-refractivity contribution in [2.45, 2.75) is 13.0 Å². The fourth-order valence-corrected chi connectivity index (χ4v) is 2.08. The summed E-state index contributed by atoms with van der Waals surface area (Å²) in [6, 6.07) is 12.7. The van der Waals surface area contributed by atoms with E-state index in [9.17, 15) is 18.8 Å². The summed E-state index contributed by atoms with van der Waals surface area (Å²) in [5.41, 5.74) is 0.0585. The molecule has 0 aliphatic carbocycles. The van der Waals surface area contributed by atoms with Gasteiger partial charge < -0.3 is 10.1 Å². The summed E-state index contributed by atoms with van der Waals surface area (Å²) in [4.78, 5) is 36.1. The van der Waals surface area contributed by atoms with Crippen molar-refractivity contribution in [2.24, 2.45) is 0 Å². The van der Waals surface area contributed by atoms with E-state index in [-0.39, 0.29) is 5.56 Å². The maximum Gasteiger partial charge on any atom is 0.342 e. The molecular weight excluding hydrogens is 327 g/mol. The molecule has 7 heteroatoms. The molecular formula is C18H17FN2O4. The van der Waals surface area contributed by atoms with Crippen LogP contribution in [-0.2, 0) is 9.53 Å². The summed E-state index contributed by atoms with van der Waals surface area (Å²) in [6.45, 7) is 2.01. The number of rotatable bonds is 5. The fraction of sp³-hybridized carbons (Fsp3) is 0.167. The molecule has 25 heavy (non-hydrogen) atoms. The number of nitrogens with one attached hydrogen (secondary N) is 2. The normalized spacial score (nSPS) is 11.3. The molecule has 0 heterocycles.